The summed E-state index contributed by atoms with van der Waals surface area (Å²) in [6.07, 6.45) is 0. The Kier molecular flexibility index (Phi) is 8.98. The van der Waals surface area contributed by atoms with Crippen LogP contribution >= 0.6 is 11.8 Å². The Bertz CT molecular complexity index is 1620. The molecule has 0 atom stereocenters. The lowest BCUT2D eigenvalue weighted by atomic mass is 10.2. The van der Waals surface area contributed by atoms with Crippen LogP contribution in [0.15, 0.2) is 82.8 Å². The molecule has 0 spiro atoms. The lowest BCUT2D eigenvalue weighted by Crippen LogP contribution is -2.40. The van der Waals surface area contributed by atoms with Crippen LogP contribution in [0, 0.1) is 5.82 Å². The highest BCUT2D eigenvalue weighted by Crippen LogP contribution is 2.29. The second-order valence-electron chi connectivity index (χ2n) is 9.10. The molecule has 13 heteroatoms. The Morgan fingerprint density at radius 3 is 2.56 bits per heavy atom. The standard InChI is InChI=1S/C28H28FN5O5S2/c1-38-25-8-3-2-7-24(25)30-26(35)19-40-28-32-31-27(34(28)18-20-9-11-22(29)12-10-20)21-5-4-6-23(17-21)41(36,37)33-13-15-39-16-14-33/h2-12,17H,13-16,18-19H2,1H3,(H,30,35). The normalized spacial score (nSPS) is 14.1. The van der Waals surface area contributed by atoms with Gasteiger partial charge in [0.05, 0.1) is 43.2 Å². The predicted molar refractivity (Wildman–Crippen MR) is 153 cm³/mol. The number of sulfonamides is 1. The number of aromatic nitrogens is 3. The molecule has 1 saturated heterocycles. The Morgan fingerprint density at radius 1 is 1.05 bits per heavy atom. The number of thioether (sulfide) groups is 1. The van der Waals surface area contributed by atoms with Gasteiger partial charge >= 0.3 is 0 Å². The van der Waals surface area contributed by atoms with E-state index in [1.807, 2.05) is 6.07 Å². The van der Waals surface area contributed by atoms with Crippen LogP contribution in [0.1, 0.15) is 5.56 Å². The monoisotopic (exact) mass is 597 g/mol. The number of benzene rings is 3. The van der Waals surface area contributed by atoms with Gasteiger partial charge in [-0.05, 0) is 42.0 Å². The van der Waals surface area contributed by atoms with Crippen molar-refractivity contribution >= 4 is 33.4 Å². The number of anilines is 1. The fourth-order valence-corrected chi connectivity index (χ4v) is 6.51. The summed E-state index contributed by atoms with van der Waals surface area (Å²) in [5.74, 6) is 0.364. The van der Waals surface area contributed by atoms with Gasteiger partial charge in [0.1, 0.15) is 11.6 Å². The van der Waals surface area contributed by atoms with Crippen molar-refractivity contribution in [1.82, 2.24) is 19.1 Å². The molecule has 1 aliphatic rings. The maximum absolute atomic E-state index is 13.6. The second kappa shape index (κ2) is 12.8. The molecule has 4 aromatic rings. The number of methoxy groups -OCH3 is 1. The lowest BCUT2D eigenvalue weighted by molar-refractivity contribution is -0.113. The van der Waals surface area contributed by atoms with Gasteiger partial charge in [-0.15, -0.1) is 10.2 Å². The van der Waals surface area contributed by atoms with Crippen molar-refractivity contribution in [3.63, 3.8) is 0 Å². The number of hydrogen-bond donors (Lipinski definition) is 1. The zero-order chi connectivity index (χ0) is 28.8. The summed E-state index contributed by atoms with van der Waals surface area (Å²) in [5.41, 5.74) is 1.87. The molecule has 1 aliphatic heterocycles. The highest BCUT2D eigenvalue weighted by Gasteiger charge is 2.27. The number of rotatable bonds is 10. The number of hydrogen-bond acceptors (Lipinski definition) is 8. The molecule has 1 aromatic heterocycles. The number of nitrogens with zero attached hydrogens (tertiary/aromatic N) is 4. The maximum Gasteiger partial charge on any atom is 0.243 e. The molecule has 214 valence electrons. The first kappa shape index (κ1) is 28.7. The molecular formula is C28H28FN5O5S2. The van der Waals surface area contributed by atoms with Gasteiger partial charge in [0.25, 0.3) is 0 Å². The van der Waals surface area contributed by atoms with E-state index in [-0.39, 0.29) is 42.0 Å². The van der Waals surface area contributed by atoms with Gasteiger partial charge in [0, 0.05) is 18.7 Å². The van der Waals surface area contributed by atoms with E-state index in [1.165, 1.54) is 35.3 Å². The van der Waals surface area contributed by atoms with Crippen molar-refractivity contribution < 1.29 is 27.1 Å². The minimum Gasteiger partial charge on any atom is -0.495 e. The molecule has 2 heterocycles. The summed E-state index contributed by atoms with van der Waals surface area (Å²) in [7, 11) is -2.21. The predicted octanol–water partition coefficient (Wildman–Crippen LogP) is 3.89. The van der Waals surface area contributed by atoms with E-state index in [1.54, 1.807) is 59.2 Å². The van der Waals surface area contributed by atoms with E-state index in [0.29, 0.717) is 41.2 Å². The summed E-state index contributed by atoms with van der Waals surface area (Å²) in [4.78, 5) is 12.9. The van der Waals surface area contributed by atoms with Crippen LogP contribution in [0.4, 0.5) is 10.1 Å². The van der Waals surface area contributed by atoms with Crippen LogP contribution in [0.3, 0.4) is 0 Å². The molecule has 0 aliphatic carbocycles. The largest absolute Gasteiger partial charge is 0.495 e. The summed E-state index contributed by atoms with van der Waals surface area (Å²) < 4.78 is 54.0. The Morgan fingerprint density at radius 2 is 1.80 bits per heavy atom. The lowest BCUT2D eigenvalue weighted by Gasteiger charge is -2.26. The first-order valence-corrected chi connectivity index (χ1v) is 15.2. The quantitative estimate of drug-likeness (QED) is 0.274. The summed E-state index contributed by atoms with van der Waals surface area (Å²) in [5, 5.41) is 12.0. The molecular weight excluding hydrogens is 569 g/mol. The Balaban J connectivity index is 1.42. The molecule has 0 saturated carbocycles. The fraction of sp³-hybridized carbons (Fsp3) is 0.250. The van der Waals surface area contributed by atoms with Crippen LogP contribution in [-0.2, 0) is 26.1 Å². The number of halogens is 1. The summed E-state index contributed by atoms with van der Waals surface area (Å²) in [6.45, 7) is 1.53. The van der Waals surface area contributed by atoms with Crippen molar-refractivity contribution in [1.29, 1.82) is 0 Å². The number of amides is 1. The molecule has 1 fully saturated rings. The molecule has 5 rings (SSSR count). The first-order chi connectivity index (χ1) is 19.8. The summed E-state index contributed by atoms with van der Waals surface area (Å²) >= 11 is 1.18. The molecule has 0 bridgehead atoms. The van der Waals surface area contributed by atoms with Gasteiger partial charge in [0.2, 0.25) is 15.9 Å². The van der Waals surface area contributed by atoms with Gasteiger partial charge in [-0.3, -0.25) is 9.36 Å². The number of carbonyl (C=O) groups is 1. The van der Waals surface area contributed by atoms with E-state index in [2.05, 4.69) is 15.5 Å². The molecule has 10 nitrogen and oxygen atoms in total. The minimum atomic E-state index is -3.73. The minimum absolute atomic E-state index is 0.0328. The zero-order valence-electron chi connectivity index (χ0n) is 22.2. The van der Waals surface area contributed by atoms with Crippen LogP contribution < -0.4 is 10.1 Å². The van der Waals surface area contributed by atoms with Gasteiger partial charge in [0.15, 0.2) is 11.0 Å². The number of carbonyl (C=O) groups excluding carboxylic acids is 1. The maximum atomic E-state index is 13.6. The molecule has 0 unspecified atom stereocenters. The second-order valence-corrected chi connectivity index (χ2v) is 12.0. The van der Waals surface area contributed by atoms with Gasteiger partial charge < -0.3 is 14.8 Å². The van der Waals surface area contributed by atoms with Crippen molar-refractivity contribution in [2.75, 3.05) is 44.5 Å². The van der Waals surface area contributed by atoms with E-state index in [0.717, 1.165) is 5.56 Å². The topological polar surface area (TPSA) is 116 Å². The molecule has 0 radical (unpaired) electrons. The average molecular weight is 598 g/mol. The number of morpholine rings is 1. The third kappa shape index (κ3) is 6.76. The third-order valence-corrected chi connectivity index (χ3v) is 9.25. The molecule has 41 heavy (non-hydrogen) atoms. The number of nitrogens with one attached hydrogen (secondary N) is 1. The molecule has 1 N–H and O–H groups in total. The van der Waals surface area contributed by atoms with E-state index < -0.39 is 10.0 Å². The molecule has 3 aromatic carbocycles. The van der Waals surface area contributed by atoms with Crippen molar-refractivity contribution in [3.8, 4) is 17.1 Å². The van der Waals surface area contributed by atoms with E-state index in [9.17, 15) is 17.6 Å². The number of para-hydroxylation sites is 2. The van der Waals surface area contributed by atoms with E-state index >= 15 is 0 Å². The summed E-state index contributed by atoms with van der Waals surface area (Å²) in [6, 6.07) is 19.7. The smallest absolute Gasteiger partial charge is 0.243 e. The molecule has 1 amide bonds. The van der Waals surface area contributed by atoms with Crippen LogP contribution in [0.25, 0.3) is 11.4 Å². The highest BCUT2D eigenvalue weighted by atomic mass is 32.2. The zero-order valence-corrected chi connectivity index (χ0v) is 23.8. The van der Waals surface area contributed by atoms with Crippen molar-refractivity contribution in [2.24, 2.45) is 0 Å². The Labute approximate surface area is 241 Å². The first-order valence-electron chi connectivity index (χ1n) is 12.8. The Hall–Kier alpha value is -3.78. The van der Waals surface area contributed by atoms with Crippen molar-refractivity contribution in [2.45, 2.75) is 16.6 Å². The van der Waals surface area contributed by atoms with E-state index in [4.69, 9.17) is 9.47 Å². The van der Waals surface area contributed by atoms with Gasteiger partial charge in [-0.2, -0.15) is 4.31 Å². The fourth-order valence-electron chi connectivity index (χ4n) is 4.32. The van der Waals surface area contributed by atoms with Crippen LogP contribution in [0.2, 0.25) is 0 Å². The SMILES string of the molecule is COc1ccccc1NC(=O)CSc1nnc(-c2cccc(S(=O)(=O)N3CCOCC3)c2)n1Cc1ccc(F)cc1. The average Bonchev–Trinajstić information content (AvgIpc) is 3.40. The van der Waals surface area contributed by atoms with Gasteiger partial charge in [-0.25, -0.2) is 12.8 Å². The van der Waals surface area contributed by atoms with Crippen LogP contribution in [-0.4, -0.2) is 72.6 Å². The van der Waals surface area contributed by atoms with Crippen molar-refractivity contribution in [3.05, 3.63) is 84.2 Å². The number of ether oxygens (including phenoxy) is 2. The highest BCUT2D eigenvalue weighted by molar-refractivity contribution is 7.99. The van der Waals surface area contributed by atoms with Gasteiger partial charge in [-0.1, -0.05) is 48.2 Å². The third-order valence-electron chi connectivity index (χ3n) is 6.38. The van der Waals surface area contributed by atoms with Crippen LogP contribution in [0.5, 0.6) is 5.75 Å².